The van der Waals surface area contributed by atoms with Crippen LogP contribution < -0.4 is 10.2 Å². The van der Waals surface area contributed by atoms with Gasteiger partial charge in [-0.2, -0.15) is 0 Å². The number of hydrogen-bond donors (Lipinski definition) is 1. The summed E-state index contributed by atoms with van der Waals surface area (Å²) in [6, 6.07) is 7.87. The molecule has 1 aliphatic heterocycles. The van der Waals surface area contributed by atoms with Gasteiger partial charge in [-0.15, -0.1) is 0 Å². The molecule has 1 saturated heterocycles. The number of anilines is 2. The van der Waals surface area contributed by atoms with Crippen molar-refractivity contribution in [1.29, 1.82) is 0 Å². The van der Waals surface area contributed by atoms with E-state index < -0.39 is 11.7 Å². The molecule has 0 spiro atoms. The maximum Gasteiger partial charge on any atom is 0.412 e. The zero-order valence-electron chi connectivity index (χ0n) is 13.3. The number of piperazine rings is 1. The first-order valence-electron chi connectivity index (χ1n) is 7.38. The van der Waals surface area contributed by atoms with Gasteiger partial charge in [0.05, 0.1) is 11.4 Å². The van der Waals surface area contributed by atoms with Crippen molar-refractivity contribution in [3.63, 3.8) is 0 Å². The molecule has 1 fully saturated rings. The first-order valence-corrected chi connectivity index (χ1v) is 7.38. The van der Waals surface area contributed by atoms with Gasteiger partial charge in [0, 0.05) is 26.2 Å². The van der Waals surface area contributed by atoms with E-state index in [1.807, 2.05) is 45.0 Å². The Labute approximate surface area is 126 Å². The van der Waals surface area contributed by atoms with Crippen molar-refractivity contribution < 1.29 is 9.53 Å². The number of nitrogens with one attached hydrogen (secondary N) is 1. The van der Waals surface area contributed by atoms with E-state index in [9.17, 15) is 4.79 Å². The maximum absolute atomic E-state index is 12.0. The first kappa shape index (κ1) is 15.6. The molecule has 1 N–H and O–H groups in total. The van der Waals surface area contributed by atoms with Crippen LogP contribution in [0.2, 0.25) is 0 Å². The van der Waals surface area contributed by atoms with Crippen LogP contribution in [0.5, 0.6) is 0 Å². The number of carbonyl (C=O) groups excluding carboxylic acids is 1. The number of benzene rings is 1. The number of amides is 1. The van der Waals surface area contributed by atoms with Gasteiger partial charge in [-0.3, -0.25) is 5.32 Å². The van der Waals surface area contributed by atoms with Gasteiger partial charge >= 0.3 is 6.09 Å². The summed E-state index contributed by atoms with van der Waals surface area (Å²) < 4.78 is 5.32. The Bertz CT molecular complexity index is 489. The lowest BCUT2D eigenvalue weighted by Gasteiger charge is -2.35. The molecule has 116 valence electrons. The first-order chi connectivity index (χ1) is 9.85. The normalized spacial score (nSPS) is 16.7. The van der Waals surface area contributed by atoms with Gasteiger partial charge in [0.25, 0.3) is 0 Å². The number of nitrogens with zero attached hydrogens (tertiary/aromatic N) is 2. The van der Waals surface area contributed by atoms with E-state index in [1.165, 1.54) is 0 Å². The minimum Gasteiger partial charge on any atom is -0.444 e. The Morgan fingerprint density at radius 2 is 1.76 bits per heavy atom. The van der Waals surface area contributed by atoms with E-state index in [-0.39, 0.29) is 0 Å². The minimum absolute atomic E-state index is 0.413. The molecule has 1 aromatic rings. The van der Waals surface area contributed by atoms with E-state index >= 15 is 0 Å². The Hall–Kier alpha value is -1.75. The molecular formula is C16H25N3O2. The molecule has 0 bridgehead atoms. The summed E-state index contributed by atoms with van der Waals surface area (Å²) in [6.07, 6.45) is -0.413. The van der Waals surface area contributed by atoms with Gasteiger partial charge in [0.15, 0.2) is 0 Å². The van der Waals surface area contributed by atoms with E-state index in [4.69, 9.17) is 4.74 Å². The van der Waals surface area contributed by atoms with Gasteiger partial charge < -0.3 is 14.5 Å². The molecule has 0 aliphatic carbocycles. The van der Waals surface area contributed by atoms with Crippen LogP contribution in [0.25, 0.3) is 0 Å². The third kappa shape index (κ3) is 4.63. The van der Waals surface area contributed by atoms with Crippen LogP contribution in [0.3, 0.4) is 0 Å². The highest BCUT2D eigenvalue weighted by molar-refractivity contribution is 5.89. The molecule has 21 heavy (non-hydrogen) atoms. The standard InChI is InChI=1S/C16H25N3O2/c1-16(2,3)21-15(20)17-13-7-5-6-8-14(13)19-11-9-18(4)10-12-19/h5-8H,9-12H2,1-4H3,(H,17,20). The predicted octanol–water partition coefficient (Wildman–Crippen LogP) is 2.79. The van der Waals surface area contributed by atoms with Crippen molar-refractivity contribution >= 4 is 17.5 Å². The summed E-state index contributed by atoms with van der Waals surface area (Å²) in [6.45, 7) is 9.56. The number of rotatable bonds is 2. The summed E-state index contributed by atoms with van der Waals surface area (Å²) >= 11 is 0. The summed E-state index contributed by atoms with van der Waals surface area (Å²) in [7, 11) is 2.13. The predicted molar refractivity (Wildman–Crippen MR) is 86.0 cm³/mol. The fraction of sp³-hybridized carbons (Fsp3) is 0.562. The van der Waals surface area contributed by atoms with Gasteiger partial charge in [-0.1, -0.05) is 12.1 Å². The number of hydrogen-bond acceptors (Lipinski definition) is 4. The molecule has 5 heteroatoms. The highest BCUT2D eigenvalue weighted by atomic mass is 16.6. The quantitative estimate of drug-likeness (QED) is 0.910. The molecule has 0 aromatic heterocycles. The van der Waals surface area contributed by atoms with Crippen LogP contribution in [0.4, 0.5) is 16.2 Å². The SMILES string of the molecule is CN1CCN(c2ccccc2NC(=O)OC(C)(C)C)CC1. The summed E-state index contributed by atoms with van der Waals surface area (Å²) in [4.78, 5) is 16.6. The van der Waals surface area contributed by atoms with Crippen LogP contribution >= 0.6 is 0 Å². The summed E-state index contributed by atoms with van der Waals surface area (Å²) in [5.74, 6) is 0. The highest BCUT2D eigenvalue weighted by Crippen LogP contribution is 2.27. The van der Waals surface area contributed by atoms with Crippen molar-refractivity contribution in [2.45, 2.75) is 26.4 Å². The van der Waals surface area contributed by atoms with Gasteiger partial charge in [-0.25, -0.2) is 4.79 Å². The van der Waals surface area contributed by atoms with Crippen molar-refractivity contribution in [3.8, 4) is 0 Å². The van der Waals surface area contributed by atoms with Crippen LogP contribution in [-0.2, 0) is 4.74 Å². The Morgan fingerprint density at radius 1 is 1.14 bits per heavy atom. The molecule has 0 unspecified atom stereocenters. The lowest BCUT2D eigenvalue weighted by Crippen LogP contribution is -2.44. The Morgan fingerprint density at radius 3 is 2.38 bits per heavy atom. The second-order valence-corrected chi connectivity index (χ2v) is 6.43. The molecule has 0 saturated carbocycles. The van der Waals surface area contributed by atoms with Crippen LogP contribution in [0.1, 0.15) is 20.8 Å². The van der Waals surface area contributed by atoms with Crippen molar-refractivity contribution in [2.75, 3.05) is 43.4 Å². The average Bonchev–Trinajstić information content (AvgIpc) is 2.38. The topological polar surface area (TPSA) is 44.8 Å². The minimum atomic E-state index is -0.493. The highest BCUT2D eigenvalue weighted by Gasteiger charge is 2.20. The Kier molecular flexibility index (Phi) is 4.73. The average molecular weight is 291 g/mol. The van der Waals surface area contributed by atoms with Crippen molar-refractivity contribution in [3.05, 3.63) is 24.3 Å². The van der Waals surface area contributed by atoms with Crippen molar-refractivity contribution in [1.82, 2.24) is 4.90 Å². The third-order valence-corrected chi connectivity index (χ3v) is 3.38. The largest absolute Gasteiger partial charge is 0.444 e. The van der Waals surface area contributed by atoms with Crippen LogP contribution in [0, 0.1) is 0 Å². The maximum atomic E-state index is 12.0. The van der Waals surface area contributed by atoms with E-state index in [1.54, 1.807) is 0 Å². The van der Waals surface area contributed by atoms with Crippen LogP contribution in [-0.4, -0.2) is 49.8 Å². The molecule has 5 nitrogen and oxygen atoms in total. The molecule has 0 radical (unpaired) electrons. The lowest BCUT2D eigenvalue weighted by molar-refractivity contribution is 0.0636. The fourth-order valence-corrected chi connectivity index (χ4v) is 2.32. The molecular weight excluding hydrogens is 266 g/mol. The zero-order chi connectivity index (χ0) is 15.5. The second kappa shape index (κ2) is 6.35. The van der Waals surface area contributed by atoms with E-state index in [0.717, 1.165) is 37.6 Å². The smallest absolute Gasteiger partial charge is 0.412 e. The molecule has 1 aromatic carbocycles. The van der Waals surface area contributed by atoms with Gasteiger partial charge in [0.2, 0.25) is 0 Å². The number of ether oxygens (including phenoxy) is 1. The van der Waals surface area contributed by atoms with E-state index in [2.05, 4.69) is 22.2 Å². The fourth-order valence-electron chi connectivity index (χ4n) is 2.32. The van der Waals surface area contributed by atoms with Gasteiger partial charge in [0.1, 0.15) is 5.60 Å². The second-order valence-electron chi connectivity index (χ2n) is 6.43. The Balaban J connectivity index is 2.08. The van der Waals surface area contributed by atoms with E-state index in [0.29, 0.717) is 0 Å². The molecule has 0 atom stereocenters. The summed E-state index contributed by atoms with van der Waals surface area (Å²) in [5, 5.41) is 2.86. The number of likely N-dealkylation sites (N-methyl/N-ethyl adjacent to an activating group) is 1. The molecule has 1 amide bonds. The third-order valence-electron chi connectivity index (χ3n) is 3.38. The molecule has 1 heterocycles. The number of carbonyl (C=O) groups is 1. The molecule has 1 aliphatic rings. The van der Waals surface area contributed by atoms with Crippen LogP contribution in [0.15, 0.2) is 24.3 Å². The van der Waals surface area contributed by atoms with Gasteiger partial charge in [-0.05, 0) is 40.0 Å². The zero-order valence-corrected chi connectivity index (χ0v) is 13.3. The monoisotopic (exact) mass is 291 g/mol. The van der Waals surface area contributed by atoms with Crippen molar-refractivity contribution in [2.24, 2.45) is 0 Å². The molecule has 2 rings (SSSR count). The number of para-hydroxylation sites is 2. The lowest BCUT2D eigenvalue weighted by atomic mass is 10.2. The summed E-state index contributed by atoms with van der Waals surface area (Å²) in [5.41, 5.74) is 1.36.